The van der Waals surface area contributed by atoms with Crippen molar-refractivity contribution in [2.75, 3.05) is 18.1 Å². The number of carbonyl (C=O) groups is 1. The van der Waals surface area contributed by atoms with Crippen LogP contribution in [0.1, 0.15) is 29.6 Å². The lowest BCUT2D eigenvalue weighted by atomic mass is 10.1. The molecule has 1 saturated heterocycles. The number of rotatable bonds is 3. The highest BCUT2D eigenvalue weighted by molar-refractivity contribution is 6.05. The lowest BCUT2D eigenvalue weighted by molar-refractivity contribution is 0.0872. The molecule has 3 rings (SSSR count). The van der Waals surface area contributed by atoms with Gasteiger partial charge in [0.25, 0.3) is 5.91 Å². The quantitative estimate of drug-likeness (QED) is 0.867. The van der Waals surface area contributed by atoms with Crippen molar-refractivity contribution in [3.63, 3.8) is 0 Å². The van der Waals surface area contributed by atoms with Crippen LogP contribution in [-0.4, -0.2) is 29.0 Å². The number of benzene rings is 1. The van der Waals surface area contributed by atoms with Gasteiger partial charge in [0.05, 0.1) is 5.69 Å². The molecule has 2 heterocycles. The van der Waals surface area contributed by atoms with Gasteiger partial charge in [-0.3, -0.25) is 9.78 Å². The van der Waals surface area contributed by atoms with Crippen LogP contribution in [0.4, 0.5) is 5.69 Å². The average molecular weight is 281 g/mol. The Balaban J connectivity index is 1.94. The van der Waals surface area contributed by atoms with E-state index >= 15 is 0 Å². The van der Waals surface area contributed by atoms with Gasteiger partial charge in [-0.2, -0.15) is 0 Å². The van der Waals surface area contributed by atoms with E-state index in [0.29, 0.717) is 5.56 Å². The van der Waals surface area contributed by atoms with E-state index in [0.717, 1.165) is 31.6 Å². The lowest BCUT2D eigenvalue weighted by Crippen LogP contribution is -2.49. The van der Waals surface area contributed by atoms with E-state index in [9.17, 15) is 4.79 Å². The number of carbonyl (C=O) groups excluding carboxylic acids is 1. The van der Waals surface area contributed by atoms with E-state index in [1.807, 2.05) is 35.3 Å². The summed E-state index contributed by atoms with van der Waals surface area (Å²) in [7, 11) is 0. The van der Waals surface area contributed by atoms with E-state index in [-0.39, 0.29) is 5.91 Å². The maximum absolute atomic E-state index is 12.9. The Bertz CT molecular complexity index is 579. The third kappa shape index (κ3) is 3.11. The summed E-state index contributed by atoms with van der Waals surface area (Å²) < 4.78 is 0. The van der Waals surface area contributed by atoms with Crippen molar-refractivity contribution in [2.24, 2.45) is 0 Å². The Labute approximate surface area is 125 Å². The molecule has 0 unspecified atom stereocenters. The largest absolute Gasteiger partial charge is 0.272 e. The first-order valence-electron chi connectivity index (χ1n) is 7.40. The molecule has 0 aliphatic carbocycles. The maximum atomic E-state index is 12.9. The third-order valence-corrected chi connectivity index (χ3v) is 3.74. The SMILES string of the molecule is O=C(c1ccncc1)N(c1ccccc1)N1CCCCC1. The molecule has 108 valence electrons. The van der Waals surface area contributed by atoms with E-state index in [1.165, 1.54) is 6.42 Å². The van der Waals surface area contributed by atoms with Gasteiger partial charge < -0.3 is 0 Å². The summed E-state index contributed by atoms with van der Waals surface area (Å²) in [6.45, 7) is 1.84. The van der Waals surface area contributed by atoms with Crippen molar-refractivity contribution in [1.29, 1.82) is 0 Å². The molecular formula is C17H19N3O. The zero-order chi connectivity index (χ0) is 14.5. The number of nitrogens with zero attached hydrogens (tertiary/aromatic N) is 3. The van der Waals surface area contributed by atoms with Gasteiger partial charge in [0.15, 0.2) is 0 Å². The van der Waals surface area contributed by atoms with Crippen LogP contribution in [0, 0.1) is 0 Å². The molecule has 2 aromatic rings. The summed E-state index contributed by atoms with van der Waals surface area (Å²) in [5, 5.41) is 3.97. The Morgan fingerprint density at radius 3 is 2.29 bits per heavy atom. The predicted molar refractivity (Wildman–Crippen MR) is 82.9 cm³/mol. The highest BCUT2D eigenvalue weighted by Crippen LogP contribution is 2.22. The van der Waals surface area contributed by atoms with Crippen LogP contribution < -0.4 is 5.01 Å². The molecular weight excluding hydrogens is 262 g/mol. The van der Waals surface area contributed by atoms with Gasteiger partial charge in [-0.15, -0.1) is 0 Å². The van der Waals surface area contributed by atoms with Gasteiger partial charge in [0, 0.05) is 31.0 Å². The van der Waals surface area contributed by atoms with Crippen LogP contribution >= 0.6 is 0 Å². The molecule has 0 radical (unpaired) electrons. The standard InChI is InChI=1S/C17H19N3O/c21-17(15-9-11-18-12-10-15)20(16-7-3-1-4-8-16)19-13-5-2-6-14-19/h1,3-4,7-12H,2,5-6,13-14H2. The number of hydrogen-bond acceptors (Lipinski definition) is 3. The highest BCUT2D eigenvalue weighted by atomic mass is 16.2. The van der Waals surface area contributed by atoms with Gasteiger partial charge in [-0.25, -0.2) is 10.0 Å². The zero-order valence-electron chi connectivity index (χ0n) is 12.0. The van der Waals surface area contributed by atoms with Gasteiger partial charge in [0.2, 0.25) is 0 Å². The molecule has 0 N–H and O–H groups in total. The molecule has 1 aromatic carbocycles. The molecule has 1 aromatic heterocycles. The van der Waals surface area contributed by atoms with Crippen LogP contribution in [0.25, 0.3) is 0 Å². The fraction of sp³-hybridized carbons (Fsp3) is 0.294. The van der Waals surface area contributed by atoms with Crippen molar-refractivity contribution < 1.29 is 4.79 Å². The number of hydrogen-bond donors (Lipinski definition) is 0. The summed E-state index contributed by atoms with van der Waals surface area (Å²) in [5.41, 5.74) is 1.58. The molecule has 0 spiro atoms. The monoisotopic (exact) mass is 281 g/mol. The summed E-state index contributed by atoms with van der Waals surface area (Å²) >= 11 is 0. The number of hydrazine groups is 1. The summed E-state index contributed by atoms with van der Waals surface area (Å²) in [6.07, 6.45) is 6.82. The van der Waals surface area contributed by atoms with Gasteiger partial charge in [-0.1, -0.05) is 24.6 Å². The first kappa shape index (κ1) is 13.8. The summed E-state index contributed by atoms with van der Waals surface area (Å²) in [5.74, 6) is 0.00509. The Hall–Kier alpha value is -2.20. The number of para-hydroxylation sites is 1. The minimum absolute atomic E-state index is 0.00509. The Morgan fingerprint density at radius 2 is 1.62 bits per heavy atom. The Morgan fingerprint density at radius 1 is 0.952 bits per heavy atom. The molecule has 0 saturated carbocycles. The number of amides is 1. The normalized spacial score (nSPS) is 15.6. The number of pyridine rings is 1. The van der Waals surface area contributed by atoms with Crippen LogP contribution in [0.3, 0.4) is 0 Å². The molecule has 1 aliphatic rings. The zero-order valence-corrected chi connectivity index (χ0v) is 12.0. The molecule has 1 aliphatic heterocycles. The van der Waals surface area contributed by atoms with Crippen molar-refractivity contribution in [1.82, 2.24) is 9.99 Å². The Kier molecular flexibility index (Phi) is 4.26. The topological polar surface area (TPSA) is 36.4 Å². The maximum Gasteiger partial charge on any atom is 0.272 e. The van der Waals surface area contributed by atoms with Gasteiger partial charge >= 0.3 is 0 Å². The highest BCUT2D eigenvalue weighted by Gasteiger charge is 2.25. The van der Waals surface area contributed by atoms with Crippen molar-refractivity contribution in [3.05, 3.63) is 60.4 Å². The van der Waals surface area contributed by atoms with Crippen molar-refractivity contribution in [3.8, 4) is 0 Å². The van der Waals surface area contributed by atoms with Crippen LogP contribution in [0.2, 0.25) is 0 Å². The smallest absolute Gasteiger partial charge is 0.267 e. The molecule has 1 fully saturated rings. The molecule has 21 heavy (non-hydrogen) atoms. The predicted octanol–water partition coefficient (Wildman–Crippen LogP) is 3.13. The van der Waals surface area contributed by atoms with Crippen molar-refractivity contribution in [2.45, 2.75) is 19.3 Å². The van der Waals surface area contributed by atoms with Gasteiger partial charge in [0.1, 0.15) is 0 Å². The molecule has 4 heteroatoms. The summed E-state index contributed by atoms with van der Waals surface area (Å²) in [4.78, 5) is 16.9. The molecule has 1 amide bonds. The van der Waals surface area contributed by atoms with Gasteiger partial charge in [-0.05, 0) is 37.1 Å². The number of aromatic nitrogens is 1. The fourth-order valence-electron chi connectivity index (χ4n) is 2.67. The van der Waals surface area contributed by atoms with E-state index < -0.39 is 0 Å². The van der Waals surface area contributed by atoms with E-state index in [2.05, 4.69) is 9.99 Å². The van der Waals surface area contributed by atoms with Crippen LogP contribution in [0.5, 0.6) is 0 Å². The second-order valence-corrected chi connectivity index (χ2v) is 5.20. The second-order valence-electron chi connectivity index (χ2n) is 5.20. The second kappa shape index (κ2) is 6.50. The van der Waals surface area contributed by atoms with E-state index in [4.69, 9.17) is 0 Å². The third-order valence-electron chi connectivity index (χ3n) is 3.74. The molecule has 4 nitrogen and oxygen atoms in total. The first-order valence-corrected chi connectivity index (χ1v) is 7.40. The van der Waals surface area contributed by atoms with E-state index in [1.54, 1.807) is 24.5 Å². The average Bonchev–Trinajstić information content (AvgIpc) is 2.58. The van der Waals surface area contributed by atoms with Crippen LogP contribution in [0.15, 0.2) is 54.9 Å². The minimum atomic E-state index is 0.00509. The number of piperidine rings is 1. The van der Waals surface area contributed by atoms with Crippen molar-refractivity contribution >= 4 is 11.6 Å². The molecule has 0 atom stereocenters. The van der Waals surface area contributed by atoms with Crippen LogP contribution in [-0.2, 0) is 0 Å². The minimum Gasteiger partial charge on any atom is -0.267 e. The summed E-state index contributed by atoms with van der Waals surface area (Å²) in [6, 6.07) is 13.4. The number of anilines is 1. The molecule has 0 bridgehead atoms. The first-order chi connectivity index (χ1) is 10.4. The fourth-order valence-corrected chi connectivity index (χ4v) is 2.67. The lowest BCUT2D eigenvalue weighted by Gasteiger charge is -2.37.